The normalized spacial score (nSPS) is 17.9. The van der Waals surface area contributed by atoms with Crippen LogP contribution < -0.4 is 0 Å². The van der Waals surface area contributed by atoms with Gasteiger partial charge in [0.25, 0.3) is 5.91 Å². The van der Waals surface area contributed by atoms with Gasteiger partial charge in [-0.05, 0) is 24.6 Å². The summed E-state index contributed by atoms with van der Waals surface area (Å²) in [5.41, 5.74) is 2.21. The monoisotopic (exact) mass is 337 g/mol. The SMILES string of the molecule is COC(=O)CSC1CCN(C(=O)c2ccc3nsnc3c2)C1. The molecule has 2 heterocycles. The summed E-state index contributed by atoms with van der Waals surface area (Å²) in [4.78, 5) is 25.5. The summed E-state index contributed by atoms with van der Waals surface area (Å²) in [5.74, 6) is 0.118. The van der Waals surface area contributed by atoms with Crippen LogP contribution in [0.1, 0.15) is 16.8 Å². The van der Waals surface area contributed by atoms with Crippen molar-refractivity contribution in [3.05, 3.63) is 23.8 Å². The van der Waals surface area contributed by atoms with Gasteiger partial charge in [-0.1, -0.05) is 0 Å². The van der Waals surface area contributed by atoms with Crippen LogP contribution in [0.3, 0.4) is 0 Å². The summed E-state index contributed by atoms with van der Waals surface area (Å²) >= 11 is 2.69. The summed E-state index contributed by atoms with van der Waals surface area (Å²) in [7, 11) is 1.39. The highest BCUT2D eigenvalue weighted by atomic mass is 32.2. The van der Waals surface area contributed by atoms with E-state index in [2.05, 4.69) is 13.5 Å². The van der Waals surface area contributed by atoms with E-state index in [-0.39, 0.29) is 17.1 Å². The minimum atomic E-state index is -0.226. The number of nitrogens with zero attached hydrogens (tertiary/aromatic N) is 3. The Bertz CT molecular complexity index is 703. The van der Waals surface area contributed by atoms with E-state index in [4.69, 9.17) is 0 Å². The molecule has 0 bridgehead atoms. The van der Waals surface area contributed by atoms with Crippen LogP contribution in [0.4, 0.5) is 0 Å². The highest BCUT2D eigenvalue weighted by Gasteiger charge is 2.28. The van der Waals surface area contributed by atoms with Crippen LogP contribution >= 0.6 is 23.5 Å². The van der Waals surface area contributed by atoms with Crippen LogP contribution in [0, 0.1) is 0 Å². The number of amides is 1. The first-order chi connectivity index (χ1) is 10.7. The number of carbonyl (C=O) groups is 2. The number of methoxy groups -OCH3 is 1. The van der Waals surface area contributed by atoms with Crippen molar-refractivity contribution in [2.75, 3.05) is 26.0 Å². The molecule has 0 radical (unpaired) electrons. The maximum atomic E-state index is 12.5. The average Bonchev–Trinajstić information content (AvgIpc) is 3.19. The number of fused-ring (bicyclic) bond motifs is 1. The van der Waals surface area contributed by atoms with Crippen LogP contribution in [-0.4, -0.2) is 56.7 Å². The Balaban J connectivity index is 1.62. The summed E-state index contributed by atoms with van der Waals surface area (Å²) < 4.78 is 12.9. The first-order valence-electron chi connectivity index (χ1n) is 6.87. The van der Waals surface area contributed by atoms with Crippen LogP contribution in [0.2, 0.25) is 0 Å². The number of hydrogen-bond donors (Lipinski definition) is 0. The Labute approximate surface area is 136 Å². The fourth-order valence-electron chi connectivity index (χ4n) is 2.39. The smallest absolute Gasteiger partial charge is 0.315 e. The highest BCUT2D eigenvalue weighted by Crippen LogP contribution is 2.24. The molecule has 1 unspecified atom stereocenters. The zero-order valence-corrected chi connectivity index (χ0v) is 13.7. The highest BCUT2D eigenvalue weighted by molar-refractivity contribution is 8.00. The van der Waals surface area contributed by atoms with Gasteiger partial charge in [-0.15, -0.1) is 11.8 Å². The van der Waals surface area contributed by atoms with E-state index in [1.54, 1.807) is 23.9 Å². The van der Waals surface area contributed by atoms with E-state index in [1.165, 1.54) is 7.11 Å². The Kier molecular flexibility index (Phi) is 4.58. The van der Waals surface area contributed by atoms with Gasteiger partial charge in [-0.25, -0.2) is 0 Å². The number of hydrogen-bond acceptors (Lipinski definition) is 7. The van der Waals surface area contributed by atoms with E-state index >= 15 is 0 Å². The molecule has 0 aliphatic carbocycles. The third kappa shape index (κ3) is 3.22. The Morgan fingerprint density at radius 3 is 3.05 bits per heavy atom. The topological polar surface area (TPSA) is 72.4 Å². The van der Waals surface area contributed by atoms with E-state index in [0.717, 1.165) is 29.2 Å². The number of ether oxygens (including phenoxy) is 1. The fraction of sp³-hybridized carbons (Fsp3) is 0.429. The van der Waals surface area contributed by atoms with Crippen molar-refractivity contribution >= 4 is 46.4 Å². The van der Waals surface area contributed by atoms with E-state index in [0.29, 0.717) is 24.4 Å². The van der Waals surface area contributed by atoms with Gasteiger partial charge < -0.3 is 9.64 Å². The number of thioether (sulfide) groups is 1. The van der Waals surface area contributed by atoms with Gasteiger partial charge >= 0.3 is 5.97 Å². The second-order valence-electron chi connectivity index (χ2n) is 5.02. The number of esters is 1. The van der Waals surface area contributed by atoms with Crippen molar-refractivity contribution < 1.29 is 14.3 Å². The van der Waals surface area contributed by atoms with Gasteiger partial charge in [-0.3, -0.25) is 9.59 Å². The van der Waals surface area contributed by atoms with Crippen LogP contribution in [0.15, 0.2) is 18.2 Å². The molecule has 3 rings (SSSR count). The van der Waals surface area contributed by atoms with Gasteiger partial charge in [0.1, 0.15) is 11.0 Å². The molecule has 1 aromatic heterocycles. The Morgan fingerprint density at radius 1 is 1.41 bits per heavy atom. The standard InChI is InChI=1S/C14H15N3O3S2/c1-20-13(18)8-21-10-4-5-17(7-10)14(19)9-2-3-11-12(6-9)16-22-15-11/h2-3,6,10H,4-5,7-8H2,1H3. The molecule has 0 spiro atoms. The molecular weight excluding hydrogens is 322 g/mol. The molecule has 1 saturated heterocycles. The number of likely N-dealkylation sites (tertiary alicyclic amines) is 1. The lowest BCUT2D eigenvalue weighted by Gasteiger charge is -2.16. The molecule has 0 saturated carbocycles. The first kappa shape index (κ1) is 15.2. The van der Waals surface area contributed by atoms with Crippen molar-refractivity contribution in [3.63, 3.8) is 0 Å². The predicted octanol–water partition coefficient (Wildman–Crippen LogP) is 1.81. The van der Waals surface area contributed by atoms with Crippen LogP contribution in [0.25, 0.3) is 11.0 Å². The Morgan fingerprint density at radius 2 is 2.23 bits per heavy atom. The van der Waals surface area contributed by atoms with E-state index in [9.17, 15) is 9.59 Å². The quantitative estimate of drug-likeness (QED) is 0.793. The number of benzene rings is 1. The molecule has 2 aromatic rings. The zero-order chi connectivity index (χ0) is 15.5. The lowest BCUT2D eigenvalue weighted by molar-refractivity contribution is -0.137. The molecule has 8 heteroatoms. The van der Waals surface area contributed by atoms with Crippen molar-refractivity contribution in [2.45, 2.75) is 11.7 Å². The van der Waals surface area contributed by atoms with Gasteiger partial charge in [0.05, 0.1) is 24.6 Å². The lowest BCUT2D eigenvalue weighted by Crippen LogP contribution is -2.29. The molecule has 116 valence electrons. The molecule has 1 aliphatic heterocycles. The van der Waals surface area contributed by atoms with Crippen LogP contribution in [0.5, 0.6) is 0 Å². The molecule has 22 heavy (non-hydrogen) atoms. The zero-order valence-electron chi connectivity index (χ0n) is 12.0. The maximum Gasteiger partial charge on any atom is 0.315 e. The molecule has 6 nitrogen and oxygen atoms in total. The second-order valence-corrected chi connectivity index (χ2v) is 6.83. The third-order valence-electron chi connectivity index (χ3n) is 3.60. The molecule has 1 atom stereocenters. The van der Waals surface area contributed by atoms with Crippen molar-refractivity contribution in [3.8, 4) is 0 Å². The third-order valence-corrected chi connectivity index (χ3v) is 5.41. The van der Waals surface area contributed by atoms with Crippen LogP contribution in [-0.2, 0) is 9.53 Å². The largest absolute Gasteiger partial charge is 0.468 e. The van der Waals surface area contributed by atoms with Crippen molar-refractivity contribution in [2.24, 2.45) is 0 Å². The molecule has 1 aromatic carbocycles. The van der Waals surface area contributed by atoms with Gasteiger partial charge in [-0.2, -0.15) is 8.75 Å². The van der Waals surface area contributed by atoms with E-state index in [1.807, 2.05) is 11.0 Å². The molecule has 1 aliphatic rings. The number of carbonyl (C=O) groups excluding carboxylic acids is 2. The second kappa shape index (κ2) is 6.62. The number of aromatic nitrogens is 2. The minimum absolute atomic E-state index is 0.0102. The molecule has 1 fully saturated rings. The van der Waals surface area contributed by atoms with Gasteiger partial charge in [0, 0.05) is 23.9 Å². The average molecular weight is 337 g/mol. The van der Waals surface area contributed by atoms with Crippen molar-refractivity contribution in [1.82, 2.24) is 13.6 Å². The molecule has 0 N–H and O–H groups in total. The van der Waals surface area contributed by atoms with Gasteiger partial charge in [0.15, 0.2) is 0 Å². The van der Waals surface area contributed by atoms with Crippen molar-refractivity contribution in [1.29, 1.82) is 0 Å². The summed E-state index contributed by atoms with van der Waals surface area (Å²) in [6.45, 7) is 1.37. The minimum Gasteiger partial charge on any atom is -0.468 e. The summed E-state index contributed by atoms with van der Waals surface area (Å²) in [5, 5.41) is 0.285. The maximum absolute atomic E-state index is 12.5. The first-order valence-corrected chi connectivity index (χ1v) is 8.65. The molecular formula is C14H15N3O3S2. The predicted molar refractivity (Wildman–Crippen MR) is 86.2 cm³/mol. The van der Waals surface area contributed by atoms with E-state index < -0.39 is 0 Å². The summed E-state index contributed by atoms with van der Waals surface area (Å²) in [6, 6.07) is 5.41. The van der Waals surface area contributed by atoms with Gasteiger partial charge in [0.2, 0.25) is 0 Å². The lowest BCUT2D eigenvalue weighted by atomic mass is 10.2. The fourth-order valence-corrected chi connectivity index (χ4v) is 3.96. The molecule has 1 amide bonds. The Hall–Kier alpha value is -1.67. The number of rotatable bonds is 4. The summed E-state index contributed by atoms with van der Waals surface area (Å²) in [6.07, 6.45) is 0.897.